The van der Waals surface area contributed by atoms with Gasteiger partial charge in [0.15, 0.2) is 0 Å². The molecular formula is C23H30N2O. The first-order chi connectivity index (χ1) is 12.6. The highest BCUT2D eigenvalue weighted by Gasteiger charge is 2.11. The van der Waals surface area contributed by atoms with E-state index in [0.29, 0.717) is 13.0 Å². The molecule has 1 fully saturated rings. The van der Waals surface area contributed by atoms with Crippen LogP contribution in [0.2, 0.25) is 0 Å². The Labute approximate surface area is 157 Å². The molecule has 0 unspecified atom stereocenters. The van der Waals surface area contributed by atoms with E-state index in [1.54, 1.807) is 0 Å². The molecule has 1 aliphatic rings. The number of nitrogens with zero attached hydrogens (tertiary/aromatic N) is 1. The summed E-state index contributed by atoms with van der Waals surface area (Å²) >= 11 is 0. The fourth-order valence-electron chi connectivity index (χ4n) is 3.58. The standard InChI is InChI=1S/C23H30N2O/c1-18-9-10-20(13-19(18)2)15-23(26)24-16-21-7-6-8-22(14-21)17-25-11-4-3-5-12-25/h6-10,13-14H,3-5,11-12,15-17H2,1-2H3,(H,24,26). The minimum atomic E-state index is 0.0784. The Balaban J connectivity index is 1.51. The summed E-state index contributed by atoms with van der Waals surface area (Å²) in [6.45, 7) is 8.20. The third-order valence-corrected chi connectivity index (χ3v) is 5.27. The first-order valence-corrected chi connectivity index (χ1v) is 9.73. The van der Waals surface area contributed by atoms with Crippen LogP contribution in [0.3, 0.4) is 0 Å². The predicted molar refractivity (Wildman–Crippen MR) is 107 cm³/mol. The second-order valence-electron chi connectivity index (χ2n) is 7.53. The van der Waals surface area contributed by atoms with Crippen molar-refractivity contribution in [3.8, 4) is 0 Å². The molecule has 26 heavy (non-hydrogen) atoms. The first kappa shape index (κ1) is 18.7. The van der Waals surface area contributed by atoms with Crippen LogP contribution < -0.4 is 5.32 Å². The molecule has 0 aromatic heterocycles. The maximum atomic E-state index is 12.3. The van der Waals surface area contributed by atoms with Crippen LogP contribution in [-0.4, -0.2) is 23.9 Å². The van der Waals surface area contributed by atoms with Gasteiger partial charge in [0.25, 0.3) is 0 Å². The lowest BCUT2D eigenvalue weighted by Crippen LogP contribution is -2.29. The van der Waals surface area contributed by atoms with Crippen LogP contribution in [0.15, 0.2) is 42.5 Å². The lowest BCUT2D eigenvalue weighted by molar-refractivity contribution is -0.120. The molecule has 1 N–H and O–H groups in total. The largest absolute Gasteiger partial charge is 0.352 e. The van der Waals surface area contributed by atoms with Gasteiger partial charge in [0, 0.05) is 13.1 Å². The Kier molecular flexibility index (Phi) is 6.45. The molecular weight excluding hydrogens is 320 g/mol. The summed E-state index contributed by atoms with van der Waals surface area (Å²) in [6, 6.07) is 14.8. The lowest BCUT2D eigenvalue weighted by atomic mass is 10.0. The van der Waals surface area contributed by atoms with Crippen molar-refractivity contribution in [3.05, 3.63) is 70.3 Å². The van der Waals surface area contributed by atoms with Crippen LogP contribution >= 0.6 is 0 Å². The molecule has 1 amide bonds. The van der Waals surface area contributed by atoms with Crippen molar-refractivity contribution < 1.29 is 4.79 Å². The quantitative estimate of drug-likeness (QED) is 0.849. The number of carbonyl (C=O) groups excluding carboxylic acids is 1. The molecule has 0 atom stereocenters. The van der Waals surface area contributed by atoms with E-state index in [-0.39, 0.29) is 5.91 Å². The Morgan fingerprint density at radius 3 is 2.46 bits per heavy atom. The SMILES string of the molecule is Cc1ccc(CC(=O)NCc2cccc(CN3CCCCC3)c2)cc1C. The Morgan fingerprint density at radius 2 is 1.69 bits per heavy atom. The van der Waals surface area contributed by atoms with Crippen molar-refractivity contribution in [1.82, 2.24) is 10.2 Å². The minimum absolute atomic E-state index is 0.0784. The van der Waals surface area contributed by atoms with E-state index in [1.165, 1.54) is 54.6 Å². The van der Waals surface area contributed by atoms with Gasteiger partial charge in [-0.05, 0) is 67.6 Å². The van der Waals surface area contributed by atoms with E-state index in [1.807, 2.05) is 6.07 Å². The first-order valence-electron chi connectivity index (χ1n) is 9.73. The molecule has 3 rings (SSSR count). The average molecular weight is 351 g/mol. The highest BCUT2D eigenvalue weighted by Crippen LogP contribution is 2.14. The molecule has 0 radical (unpaired) electrons. The highest BCUT2D eigenvalue weighted by atomic mass is 16.1. The number of nitrogens with one attached hydrogen (secondary N) is 1. The van der Waals surface area contributed by atoms with Crippen LogP contribution in [0, 0.1) is 13.8 Å². The topological polar surface area (TPSA) is 32.3 Å². The van der Waals surface area contributed by atoms with Crippen molar-refractivity contribution in [2.75, 3.05) is 13.1 Å². The number of rotatable bonds is 6. The van der Waals surface area contributed by atoms with Gasteiger partial charge in [-0.1, -0.05) is 48.9 Å². The van der Waals surface area contributed by atoms with E-state index >= 15 is 0 Å². The Hall–Kier alpha value is -2.13. The summed E-state index contributed by atoms with van der Waals surface area (Å²) in [7, 11) is 0. The molecule has 1 heterocycles. The Bertz CT molecular complexity index is 748. The maximum absolute atomic E-state index is 12.3. The van der Waals surface area contributed by atoms with Crippen LogP contribution in [0.5, 0.6) is 0 Å². The Morgan fingerprint density at radius 1 is 0.923 bits per heavy atom. The lowest BCUT2D eigenvalue weighted by Gasteiger charge is -2.26. The van der Waals surface area contributed by atoms with E-state index < -0.39 is 0 Å². The van der Waals surface area contributed by atoms with Gasteiger partial charge in [0.05, 0.1) is 6.42 Å². The molecule has 2 aromatic carbocycles. The van der Waals surface area contributed by atoms with Crippen molar-refractivity contribution >= 4 is 5.91 Å². The van der Waals surface area contributed by atoms with Gasteiger partial charge < -0.3 is 5.32 Å². The van der Waals surface area contributed by atoms with Gasteiger partial charge in [0.2, 0.25) is 5.91 Å². The molecule has 1 aliphatic heterocycles. The number of carbonyl (C=O) groups is 1. The van der Waals surface area contributed by atoms with Crippen LogP contribution in [0.4, 0.5) is 0 Å². The van der Waals surface area contributed by atoms with Crippen LogP contribution in [-0.2, 0) is 24.3 Å². The smallest absolute Gasteiger partial charge is 0.224 e. The van der Waals surface area contributed by atoms with E-state index in [9.17, 15) is 4.79 Å². The average Bonchev–Trinajstić information content (AvgIpc) is 2.64. The summed E-state index contributed by atoms with van der Waals surface area (Å²) in [5, 5.41) is 3.06. The molecule has 0 bridgehead atoms. The van der Waals surface area contributed by atoms with Gasteiger partial charge in [-0.25, -0.2) is 0 Å². The fourth-order valence-corrected chi connectivity index (χ4v) is 3.58. The zero-order valence-corrected chi connectivity index (χ0v) is 16.1. The zero-order valence-electron chi connectivity index (χ0n) is 16.1. The van der Waals surface area contributed by atoms with Gasteiger partial charge in [-0.2, -0.15) is 0 Å². The van der Waals surface area contributed by atoms with Crippen molar-refractivity contribution in [2.24, 2.45) is 0 Å². The van der Waals surface area contributed by atoms with Crippen LogP contribution in [0.25, 0.3) is 0 Å². The third-order valence-electron chi connectivity index (χ3n) is 5.27. The second kappa shape index (κ2) is 9.00. The number of piperidine rings is 1. The molecule has 0 aliphatic carbocycles. The van der Waals surface area contributed by atoms with E-state index in [4.69, 9.17) is 0 Å². The van der Waals surface area contributed by atoms with Gasteiger partial charge in [0.1, 0.15) is 0 Å². The number of likely N-dealkylation sites (tertiary alicyclic amines) is 1. The monoisotopic (exact) mass is 350 g/mol. The second-order valence-corrected chi connectivity index (χ2v) is 7.53. The molecule has 1 saturated heterocycles. The summed E-state index contributed by atoms with van der Waals surface area (Å²) in [6.07, 6.45) is 4.43. The number of aryl methyl sites for hydroxylation is 2. The number of amides is 1. The number of hydrogen-bond donors (Lipinski definition) is 1. The molecule has 138 valence electrons. The fraction of sp³-hybridized carbons (Fsp3) is 0.435. The van der Waals surface area contributed by atoms with Gasteiger partial charge >= 0.3 is 0 Å². The zero-order chi connectivity index (χ0) is 18.4. The van der Waals surface area contributed by atoms with Crippen molar-refractivity contribution in [2.45, 2.75) is 52.6 Å². The van der Waals surface area contributed by atoms with Crippen molar-refractivity contribution in [3.63, 3.8) is 0 Å². The van der Waals surface area contributed by atoms with E-state index in [0.717, 1.165) is 12.1 Å². The third kappa shape index (κ3) is 5.43. The normalized spacial score (nSPS) is 15.0. The summed E-state index contributed by atoms with van der Waals surface area (Å²) in [5.74, 6) is 0.0784. The number of hydrogen-bond acceptors (Lipinski definition) is 2. The molecule has 0 spiro atoms. The molecule has 3 heteroatoms. The highest BCUT2D eigenvalue weighted by molar-refractivity contribution is 5.78. The van der Waals surface area contributed by atoms with Crippen LogP contribution in [0.1, 0.15) is 47.1 Å². The summed E-state index contributed by atoms with van der Waals surface area (Å²) < 4.78 is 0. The minimum Gasteiger partial charge on any atom is -0.352 e. The van der Waals surface area contributed by atoms with Gasteiger partial charge in [-0.3, -0.25) is 9.69 Å². The molecule has 0 saturated carbocycles. The van der Waals surface area contributed by atoms with E-state index in [2.05, 4.69) is 60.5 Å². The summed E-state index contributed by atoms with van der Waals surface area (Å²) in [4.78, 5) is 14.8. The molecule has 2 aromatic rings. The maximum Gasteiger partial charge on any atom is 0.224 e. The number of benzene rings is 2. The summed E-state index contributed by atoms with van der Waals surface area (Å²) in [5.41, 5.74) is 6.09. The van der Waals surface area contributed by atoms with Crippen molar-refractivity contribution in [1.29, 1.82) is 0 Å². The van der Waals surface area contributed by atoms with Gasteiger partial charge in [-0.15, -0.1) is 0 Å². The predicted octanol–water partition coefficient (Wildman–Crippen LogP) is 4.15. The molecule has 3 nitrogen and oxygen atoms in total.